The van der Waals surface area contributed by atoms with Gasteiger partial charge in [0.2, 0.25) is 0 Å². The molecule has 6 heteroatoms. The molecule has 0 fully saturated rings. The highest BCUT2D eigenvalue weighted by Crippen LogP contribution is 2.40. The van der Waals surface area contributed by atoms with E-state index in [-0.39, 0.29) is 0 Å². The van der Waals surface area contributed by atoms with Gasteiger partial charge in [-0.1, -0.05) is 99.8 Å². The van der Waals surface area contributed by atoms with E-state index in [1.54, 1.807) is 12.5 Å². The second-order valence-electron chi connectivity index (χ2n) is 11.7. The quantitative estimate of drug-likeness (QED) is 0.162. The summed E-state index contributed by atoms with van der Waals surface area (Å²) in [5.74, 6) is 0.856. The average molecular weight is 592 g/mol. The fraction of sp³-hybridized carbons (Fsp3) is 0.368. The van der Waals surface area contributed by atoms with Gasteiger partial charge in [0, 0.05) is 25.5 Å². The lowest BCUT2D eigenvalue weighted by Gasteiger charge is -2.30. The monoisotopic (exact) mass is 591 g/mol. The summed E-state index contributed by atoms with van der Waals surface area (Å²) in [5, 5.41) is 17.1. The van der Waals surface area contributed by atoms with Gasteiger partial charge in [-0.2, -0.15) is 0 Å². The van der Waals surface area contributed by atoms with Crippen molar-refractivity contribution in [2.45, 2.75) is 60.0 Å². The van der Waals surface area contributed by atoms with Gasteiger partial charge in [-0.05, 0) is 73.8 Å². The lowest BCUT2D eigenvalue weighted by Crippen LogP contribution is -2.31. The summed E-state index contributed by atoms with van der Waals surface area (Å²) in [4.78, 5) is 11.8. The van der Waals surface area contributed by atoms with Crippen molar-refractivity contribution >= 4 is 16.7 Å². The Morgan fingerprint density at radius 2 is 1.59 bits per heavy atom. The van der Waals surface area contributed by atoms with Crippen molar-refractivity contribution in [3.8, 4) is 11.1 Å². The van der Waals surface area contributed by atoms with Crippen LogP contribution in [-0.4, -0.2) is 50.7 Å². The molecule has 0 spiro atoms. The van der Waals surface area contributed by atoms with E-state index in [0.717, 1.165) is 77.1 Å². The molecule has 0 aliphatic rings. The van der Waals surface area contributed by atoms with E-state index in [1.165, 1.54) is 12.0 Å². The fourth-order valence-corrected chi connectivity index (χ4v) is 5.64. The van der Waals surface area contributed by atoms with Gasteiger partial charge in [-0.3, -0.25) is 0 Å². The Balaban J connectivity index is 0.00000141. The number of nitrogens with zero attached hydrogens (tertiary/aromatic N) is 4. The molecule has 2 heterocycles. The highest BCUT2D eigenvalue weighted by atomic mass is 16.3. The molecule has 0 bridgehead atoms. The standard InChI is InChI=1S/C35H41N5O.C3H8/c1-6-18-40(7-2)19-17-37-34-22-30(27-10-8-9-26(4)20-27)31-21-29(15-16-32(31)38-34)35(41,33-23-36-24-39(33)5)28-13-11-25(3)12-14-28;1-3-2/h8-16,20-24,41H,6-7,17-19H2,1-5H3,(H,37,38);3H2,1-2H3. The number of anilines is 1. The Kier molecular flexibility index (Phi) is 11.3. The predicted molar refractivity (Wildman–Crippen MR) is 185 cm³/mol. The molecule has 0 saturated heterocycles. The summed E-state index contributed by atoms with van der Waals surface area (Å²) in [7, 11) is 1.92. The van der Waals surface area contributed by atoms with Crippen LogP contribution in [0.15, 0.2) is 85.3 Å². The number of benzene rings is 3. The number of hydrogen-bond donors (Lipinski definition) is 2. The van der Waals surface area contributed by atoms with Crippen LogP contribution in [0.5, 0.6) is 0 Å². The van der Waals surface area contributed by atoms with Crippen molar-refractivity contribution in [2.75, 3.05) is 31.5 Å². The number of imidazole rings is 1. The Morgan fingerprint density at radius 3 is 2.23 bits per heavy atom. The number of hydrogen-bond acceptors (Lipinski definition) is 5. The molecule has 1 unspecified atom stereocenters. The summed E-state index contributed by atoms with van der Waals surface area (Å²) in [6.45, 7) is 16.8. The first-order valence-corrected chi connectivity index (χ1v) is 16.0. The van der Waals surface area contributed by atoms with E-state index in [1.807, 2.05) is 48.0 Å². The highest BCUT2D eigenvalue weighted by Gasteiger charge is 2.37. The van der Waals surface area contributed by atoms with Crippen LogP contribution in [0.25, 0.3) is 22.0 Å². The number of nitrogens with one attached hydrogen (secondary N) is 1. The third kappa shape index (κ3) is 7.37. The van der Waals surface area contributed by atoms with Gasteiger partial charge in [0.1, 0.15) is 5.82 Å². The zero-order valence-corrected chi connectivity index (χ0v) is 27.6. The van der Waals surface area contributed by atoms with E-state index < -0.39 is 5.60 Å². The third-order valence-electron chi connectivity index (χ3n) is 7.93. The molecule has 3 aromatic carbocycles. The number of aromatic nitrogens is 3. The molecule has 44 heavy (non-hydrogen) atoms. The van der Waals surface area contributed by atoms with E-state index >= 15 is 0 Å². The van der Waals surface area contributed by atoms with Crippen molar-refractivity contribution in [3.05, 3.63) is 113 Å². The Bertz CT molecular complexity index is 1640. The minimum Gasteiger partial charge on any atom is -0.374 e. The largest absolute Gasteiger partial charge is 0.374 e. The van der Waals surface area contributed by atoms with Gasteiger partial charge in [-0.15, -0.1) is 0 Å². The average Bonchev–Trinajstić information content (AvgIpc) is 3.46. The molecule has 232 valence electrons. The molecule has 5 rings (SSSR count). The molecule has 0 aliphatic carbocycles. The van der Waals surface area contributed by atoms with Crippen LogP contribution in [-0.2, 0) is 12.6 Å². The molecular formula is C38H49N5O. The highest BCUT2D eigenvalue weighted by molar-refractivity contribution is 5.97. The topological polar surface area (TPSA) is 66.2 Å². The molecule has 6 nitrogen and oxygen atoms in total. The van der Waals surface area contributed by atoms with Gasteiger partial charge in [0.05, 0.1) is 23.7 Å². The van der Waals surface area contributed by atoms with Gasteiger partial charge in [-0.25, -0.2) is 9.97 Å². The van der Waals surface area contributed by atoms with Gasteiger partial charge in [0.15, 0.2) is 5.60 Å². The van der Waals surface area contributed by atoms with Crippen LogP contribution in [0.2, 0.25) is 0 Å². The van der Waals surface area contributed by atoms with E-state index in [0.29, 0.717) is 5.69 Å². The lowest BCUT2D eigenvalue weighted by molar-refractivity contribution is 0.117. The van der Waals surface area contributed by atoms with Crippen molar-refractivity contribution in [1.29, 1.82) is 0 Å². The van der Waals surface area contributed by atoms with Crippen LogP contribution in [0, 0.1) is 13.8 Å². The Morgan fingerprint density at radius 1 is 0.864 bits per heavy atom. The molecular weight excluding hydrogens is 542 g/mol. The van der Waals surface area contributed by atoms with Crippen LogP contribution in [0.1, 0.15) is 68.5 Å². The number of rotatable bonds is 11. The van der Waals surface area contributed by atoms with Crippen molar-refractivity contribution < 1.29 is 5.11 Å². The molecule has 0 radical (unpaired) electrons. The second kappa shape index (κ2) is 15.1. The first-order valence-electron chi connectivity index (χ1n) is 16.0. The summed E-state index contributed by atoms with van der Waals surface area (Å²) >= 11 is 0. The molecule has 2 aromatic heterocycles. The normalized spacial score (nSPS) is 12.6. The van der Waals surface area contributed by atoms with Crippen molar-refractivity contribution in [1.82, 2.24) is 19.4 Å². The van der Waals surface area contributed by atoms with E-state index in [4.69, 9.17) is 4.98 Å². The molecule has 5 aromatic rings. The number of pyridine rings is 1. The fourth-order valence-electron chi connectivity index (χ4n) is 5.64. The number of aryl methyl sites for hydroxylation is 3. The number of fused-ring (bicyclic) bond motifs is 1. The second-order valence-corrected chi connectivity index (χ2v) is 11.7. The first kappa shape index (κ1) is 32.9. The zero-order valence-electron chi connectivity index (χ0n) is 27.6. The lowest BCUT2D eigenvalue weighted by atomic mass is 9.82. The van der Waals surface area contributed by atoms with Crippen LogP contribution < -0.4 is 5.32 Å². The minimum absolute atomic E-state index is 0.705. The van der Waals surface area contributed by atoms with Gasteiger partial charge in [0.25, 0.3) is 0 Å². The van der Waals surface area contributed by atoms with E-state index in [9.17, 15) is 5.11 Å². The number of aliphatic hydroxyl groups is 1. The molecule has 1 atom stereocenters. The molecule has 2 N–H and O–H groups in total. The van der Waals surface area contributed by atoms with Crippen LogP contribution in [0.4, 0.5) is 5.82 Å². The smallest absolute Gasteiger partial charge is 0.156 e. The summed E-state index contributed by atoms with van der Waals surface area (Å²) < 4.78 is 1.88. The van der Waals surface area contributed by atoms with Crippen LogP contribution in [0.3, 0.4) is 0 Å². The minimum atomic E-state index is -1.39. The Labute approximate surface area is 263 Å². The predicted octanol–water partition coefficient (Wildman–Crippen LogP) is 8.10. The van der Waals surface area contributed by atoms with Gasteiger partial charge >= 0.3 is 0 Å². The van der Waals surface area contributed by atoms with Crippen molar-refractivity contribution in [2.24, 2.45) is 7.05 Å². The van der Waals surface area contributed by atoms with Crippen LogP contribution >= 0.6 is 0 Å². The zero-order chi connectivity index (χ0) is 31.7. The number of likely N-dealkylation sites (N-methyl/N-ethyl adjacent to an activating group) is 1. The third-order valence-corrected chi connectivity index (χ3v) is 7.93. The maximum atomic E-state index is 12.5. The van der Waals surface area contributed by atoms with E-state index in [2.05, 4.69) is 93.1 Å². The maximum absolute atomic E-state index is 12.5. The van der Waals surface area contributed by atoms with Crippen molar-refractivity contribution in [3.63, 3.8) is 0 Å². The molecule has 0 amide bonds. The summed E-state index contributed by atoms with van der Waals surface area (Å²) in [6, 6.07) is 24.9. The molecule has 0 aliphatic heterocycles. The SMILES string of the molecule is CCC.CCCN(CC)CCNc1cc(-c2cccc(C)c2)c2cc(C(O)(c3ccc(C)cc3)c3cncn3C)ccc2n1. The summed E-state index contributed by atoms with van der Waals surface area (Å²) in [5.41, 5.74) is 6.30. The van der Waals surface area contributed by atoms with Gasteiger partial charge < -0.3 is 19.9 Å². The first-order chi connectivity index (χ1) is 21.2. The maximum Gasteiger partial charge on any atom is 0.156 e. The Hall–Kier alpha value is -4.00. The molecule has 0 saturated carbocycles. The summed E-state index contributed by atoms with van der Waals surface area (Å²) in [6.07, 6.45) is 5.87.